The third kappa shape index (κ3) is 5.66. The van der Waals surface area contributed by atoms with E-state index in [0.29, 0.717) is 5.56 Å². The molecule has 8 aromatic carbocycles. The van der Waals surface area contributed by atoms with Gasteiger partial charge in [0.05, 0.1) is 6.85 Å². The number of anilines is 3. The van der Waals surface area contributed by atoms with Gasteiger partial charge in [-0.15, -0.1) is 11.3 Å². The Morgan fingerprint density at radius 1 is 0.380 bits per heavy atom. The minimum absolute atomic E-state index is 0.186. The lowest BCUT2D eigenvalue weighted by Crippen LogP contribution is -2.09. The van der Waals surface area contributed by atoms with Gasteiger partial charge in [0.25, 0.3) is 0 Å². The molecule has 0 radical (unpaired) electrons. The van der Waals surface area contributed by atoms with E-state index in [1.54, 1.807) is 0 Å². The van der Waals surface area contributed by atoms with E-state index in [2.05, 4.69) is 132 Å². The number of rotatable bonds is 7. The van der Waals surface area contributed by atoms with E-state index in [9.17, 15) is 0 Å². The van der Waals surface area contributed by atoms with Crippen LogP contribution in [0.15, 0.2) is 200 Å². The van der Waals surface area contributed by atoms with Crippen LogP contribution >= 0.6 is 11.3 Å². The molecule has 1 heterocycles. The van der Waals surface area contributed by atoms with E-state index in [1.807, 2.05) is 53.8 Å². The summed E-state index contributed by atoms with van der Waals surface area (Å²) in [5, 5.41) is 2.58. The summed E-state index contributed by atoms with van der Waals surface area (Å²) in [7, 11) is 0. The first-order chi connectivity index (χ1) is 26.9. The van der Waals surface area contributed by atoms with E-state index < -0.39 is 6.04 Å². The smallest absolute Gasteiger partial charge is 0.0629 e. The van der Waals surface area contributed by atoms with Crippen LogP contribution in [0.3, 0.4) is 0 Å². The molecule has 50 heavy (non-hydrogen) atoms. The van der Waals surface area contributed by atoms with Gasteiger partial charge in [0, 0.05) is 37.2 Å². The lowest BCUT2D eigenvalue weighted by molar-refractivity contribution is 1.28. The van der Waals surface area contributed by atoms with Crippen molar-refractivity contribution in [3.05, 3.63) is 200 Å². The highest BCUT2D eigenvalue weighted by molar-refractivity contribution is 7.25. The van der Waals surface area contributed by atoms with E-state index in [4.69, 9.17) is 6.85 Å². The minimum atomic E-state index is -0.399. The number of benzene rings is 8. The number of fused-ring (bicyclic) bond motifs is 3. The van der Waals surface area contributed by atoms with Crippen molar-refractivity contribution in [3.63, 3.8) is 0 Å². The van der Waals surface area contributed by atoms with Crippen LogP contribution in [0.1, 0.15) is 6.85 Å². The first-order valence-electron chi connectivity index (χ1n) is 19.1. The third-order valence-electron chi connectivity index (χ3n) is 9.18. The Balaban J connectivity index is 1.09. The Kier molecular flexibility index (Phi) is 6.46. The summed E-state index contributed by atoms with van der Waals surface area (Å²) in [6, 6.07) is 57.2. The van der Waals surface area contributed by atoms with Gasteiger partial charge in [-0.05, 0) is 99.1 Å². The standard InChI is InChI=1S/C48H33NS/c1-3-11-34(12-4-1)36-21-27-41(28-22-36)49(42-29-23-37(24-30-42)35-13-5-2-6-14-35)43-31-25-38(26-32-43)39-15-9-16-40(33-39)44-18-10-20-47-48(44)45-17-7-8-19-46(45)50-47/h1-33H/i1D,3D,4D,11D,12D. The molecule has 0 fully saturated rings. The Hall–Kier alpha value is -6.22. The molecule has 0 aliphatic rings. The van der Waals surface area contributed by atoms with Crippen LogP contribution in [-0.2, 0) is 0 Å². The van der Waals surface area contributed by atoms with Crippen molar-refractivity contribution in [1.82, 2.24) is 0 Å². The summed E-state index contributed by atoms with van der Waals surface area (Å²) >= 11 is 1.83. The van der Waals surface area contributed by atoms with Gasteiger partial charge in [-0.25, -0.2) is 0 Å². The van der Waals surface area contributed by atoms with Crippen molar-refractivity contribution in [2.45, 2.75) is 0 Å². The van der Waals surface area contributed by atoms with Crippen LogP contribution in [-0.4, -0.2) is 0 Å². The Morgan fingerprint density at radius 3 is 1.56 bits per heavy atom. The van der Waals surface area contributed by atoms with Gasteiger partial charge < -0.3 is 4.90 Å². The first-order valence-corrected chi connectivity index (χ1v) is 17.4. The van der Waals surface area contributed by atoms with Gasteiger partial charge in [0.2, 0.25) is 0 Å². The third-order valence-corrected chi connectivity index (χ3v) is 10.3. The van der Waals surface area contributed by atoms with Crippen LogP contribution in [0.25, 0.3) is 64.7 Å². The largest absolute Gasteiger partial charge is 0.311 e. The predicted molar refractivity (Wildman–Crippen MR) is 216 cm³/mol. The molecule has 0 atom stereocenters. The molecule has 0 amide bonds. The SMILES string of the molecule is [2H]c1c([2H])c([2H])c(-c2ccc(N(c3ccc(-c4ccccc4)cc3)c3ccc(-c4cccc(-c5cccc6sc7ccccc7c56)c4)cc3)cc2)c([2H])c1[2H]. The molecule has 236 valence electrons. The van der Waals surface area contributed by atoms with Gasteiger partial charge >= 0.3 is 0 Å². The molecule has 1 aromatic heterocycles. The van der Waals surface area contributed by atoms with E-state index >= 15 is 0 Å². The molecular formula is C48H33NS. The monoisotopic (exact) mass is 660 g/mol. The molecule has 0 bridgehead atoms. The quantitative estimate of drug-likeness (QED) is 0.164. The Labute approximate surface area is 304 Å². The van der Waals surface area contributed by atoms with E-state index in [1.165, 1.54) is 31.3 Å². The van der Waals surface area contributed by atoms with Crippen LogP contribution in [0.5, 0.6) is 0 Å². The molecule has 0 spiro atoms. The topological polar surface area (TPSA) is 3.24 Å². The van der Waals surface area contributed by atoms with Gasteiger partial charge in [0.15, 0.2) is 0 Å². The Morgan fingerprint density at radius 2 is 0.880 bits per heavy atom. The average molecular weight is 661 g/mol. The fourth-order valence-corrected chi connectivity index (χ4v) is 7.87. The molecule has 1 nitrogen and oxygen atoms in total. The van der Waals surface area contributed by atoms with Crippen LogP contribution in [0, 0.1) is 0 Å². The summed E-state index contributed by atoms with van der Waals surface area (Å²) in [4.78, 5) is 2.17. The summed E-state index contributed by atoms with van der Waals surface area (Å²) in [6.07, 6.45) is 0. The van der Waals surface area contributed by atoms with Crippen LogP contribution in [0.2, 0.25) is 0 Å². The average Bonchev–Trinajstić information content (AvgIpc) is 3.63. The molecule has 9 aromatic rings. The molecule has 0 aliphatic heterocycles. The van der Waals surface area contributed by atoms with Crippen molar-refractivity contribution >= 4 is 48.6 Å². The highest BCUT2D eigenvalue weighted by Gasteiger charge is 2.15. The van der Waals surface area contributed by atoms with Crippen molar-refractivity contribution in [2.24, 2.45) is 0 Å². The highest BCUT2D eigenvalue weighted by Crippen LogP contribution is 2.41. The van der Waals surface area contributed by atoms with E-state index in [-0.39, 0.29) is 29.7 Å². The van der Waals surface area contributed by atoms with Crippen LogP contribution in [0.4, 0.5) is 17.1 Å². The van der Waals surface area contributed by atoms with Gasteiger partial charge in [-0.2, -0.15) is 0 Å². The number of hydrogen-bond donors (Lipinski definition) is 0. The Bertz CT molecular complexity index is 2820. The zero-order valence-electron chi connectivity index (χ0n) is 32.0. The van der Waals surface area contributed by atoms with Gasteiger partial charge in [-0.3, -0.25) is 0 Å². The number of nitrogens with zero attached hydrogens (tertiary/aromatic N) is 1. The first kappa shape index (κ1) is 24.9. The second-order valence-corrected chi connectivity index (χ2v) is 13.3. The zero-order valence-corrected chi connectivity index (χ0v) is 27.8. The highest BCUT2D eigenvalue weighted by atomic mass is 32.1. The minimum Gasteiger partial charge on any atom is -0.311 e. The summed E-state index contributed by atoms with van der Waals surface area (Å²) in [5.74, 6) is 0. The van der Waals surface area contributed by atoms with Crippen LogP contribution < -0.4 is 4.90 Å². The normalized spacial score (nSPS) is 12.6. The fraction of sp³-hybridized carbons (Fsp3) is 0. The van der Waals surface area contributed by atoms with Crippen molar-refractivity contribution in [2.75, 3.05) is 4.90 Å². The number of hydrogen-bond acceptors (Lipinski definition) is 2. The molecular weight excluding hydrogens is 623 g/mol. The fourth-order valence-electron chi connectivity index (χ4n) is 6.74. The zero-order chi connectivity index (χ0) is 37.6. The summed E-state index contributed by atoms with van der Waals surface area (Å²) in [6.45, 7) is 0. The van der Waals surface area contributed by atoms with Gasteiger partial charge in [-0.1, -0.05) is 145 Å². The summed E-state index contributed by atoms with van der Waals surface area (Å²) < 4.78 is 43.9. The predicted octanol–water partition coefficient (Wildman–Crippen LogP) is 14.2. The van der Waals surface area contributed by atoms with Crippen molar-refractivity contribution < 1.29 is 6.85 Å². The lowest BCUT2D eigenvalue weighted by Gasteiger charge is -2.26. The van der Waals surface area contributed by atoms with E-state index in [0.717, 1.165) is 39.3 Å². The van der Waals surface area contributed by atoms with Gasteiger partial charge in [0.1, 0.15) is 0 Å². The number of thiophene rings is 1. The summed E-state index contributed by atoms with van der Waals surface area (Å²) in [5.41, 5.74) is 10.4. The molecule has 0 N–H and O–H groups in total. The molecule has 0 saturated heterocycles. The maximum absolute atomic E-state index is 8.50. The molecule has 9 rings (SSSR count). The molecule has 0 aliphatic carbocycles. The maximum Gasteiger partial charge on any atom is 0.0629 e. The lowest BCUT2D eigenvalue weighted by atomic mass is 9.96. The second kappa shape index (κ2) is 13.0. The molecule has 0 unspecified atom stereocenters. The van der Waals surface area contributed by atoms with Crippen molar-refractivity contribution in [1.29, 1.82) is 0 Å². The van der Waals surface area contributed by atoms with Crippen molar-refractivity contribution in [3.8, 4) is 44.5 Å². The second-order valence-electron chi connectivity index (χ2n) is 12.2. The molecule has 2 heteroatoms. The molecule has 0 saturated carbocycles. The maximum atomic E-state index is 8.50.